The summed E-state index contributed by atoms with van der Waals surface area (Å²) >= 11 is 6.25. The summed E-state index contributed by atoms with van der Waals surface area (Å²) in [5, 5.41) is 10.5. The van der Waals surface area contributed by atoms with E-state index in [0.29, 0.717) is 18.0 Å². The Hall–Kier alpha value is -2.08. The van der Waals surface area contributed by atoms with Gasteiger partial charge in [-0.15, -0.1) is 0 Å². The summed E-state index contributed by atoms with van der Waals surface area (Å²) in [6.07, 6.45) is 2.13. The second-order valence-corrected chi connectivity index (χ2v) is 6.10. The van der Waals surface area contributed by atoms with Gasteiger partial charge in [-0.1, -0.05) is 43.6 Å². The molecule has 2 N–H and O–H groups in total. The van der Waals surface area contributed by atoms with E-state index in [2.05, 4.69) is 20.7 Å². The van der Waals surface area contributed by atoms with Crippen LogP contribution in [-0.4, -0.2) is 27.3 Å². The first-order chi connectivity index (χ1) is 11.0. The molecule has 0 spiro atoms. The summed E-state index contributed by atoms with van der Waals surface area (Å²) < 4.78 is 1.69. The third-order valence-electron chi connectivity index (χ3n) is 3.63. The van der Waals surface area contributed by atoms with Crippen molar-refractivity contribution in [2.24, 2.45) is 13.0 Å². The molecule has 2 rings (SSSR count). The zero-order chi connectivity index (χ0) is 16.8. The monoisotopic (exact) mass is 335 g/mol. The van der Waals surface area contributed by atoms with E-state index in [-0.39, 0.29) is 18.0 Å². The minimum absolute atomic E-state index is 0.140. The SMILES string of the molecule is CC(C)[C@@H](NC(=O)NCCc1ncnn1C)c1ccccc1Cl. The van der Waals surface area contributed by atoms with Crippen molar-refractivity contribution in [3.05, 3.63) is 47.0 Å². The lowest BCUT2D eigenvalue weighted by Gasteiger charge is -2.24. The Morgan fingerprint density at radius 3 is 2.70 bits per heavy atom. The molecule has 0 radical (unpaired) electrons. The number of carbonyl (C=O) groups excluding carboxylic acids is 1. The van der Waals surface area contributed by atoms with E-state index in [4.69, 9.17) is 11.6 Å². The Bertz CT molecular complexity index is 655. The van der Waals surface area contributed by atoms with Crippen LogP contribution in [0.4, 0.5) is 4.79 Å². The number of benzene rings is 1. The van der Waals surface area contributed by atoms with Crippen LogP contribution in [0.1, 0.15) is 31.3 Å². The zero-order valence-electron chi connectivity index (χ0n) is 13.6. The predicted molar refractivity (Wildman–Crippen MR) is 90.3 cm³/mol. The molecule has 2 aromatic rings. The highest BCUT2D eigenvalue weighted by Crippen LogP contribution is 2.27. The van der Waals surface area contributed by atoms with Gasteiger partial charge in [0.05, 0.1) is 6.04 Å². The molecule has 7 heteroatoms. The maximum Gasteiger partial charge on any atom is 0.315 e. The molecule has 0 fully saturated rings. The third kappa shape index (κ3) is 4.69. The number of amides is 2. The minimum Gasteiger partial charge on any atom is -0.338 e. The van der Waals surface area contributed by atoms with Crippen LogP contribution in [0.25, 0.3) is 0 Å². The topological polar surface area (TPSA) is 71.8 Å². The van der Waals surface area contributed by atoms with Crippen LogP contribution in [0.2, 0.25) is 5.02 Å². The predicted octanol–water partition coefficient (Wildman–Crippen LogP) is 2.71. The molecule has 0 aliphatic heterocycles. The Labute approximate surface area is 141 Å². The lowest BCUT2D eigenvalue weighted by molar-refractivity contribution is 0.233. The van der Waals surface area contributed by atoms with E-state index in [0.717, 1.165) is 11.4 Å². The summed E-state index contributed by atoms with van der Waals surface area (Å²) in [6.45, 7) is 4.59. The fourth-order valence-electron chi connectivity index (χ4n) is 2.36. The lowest BCUT2D eigenvalue weighted by Crippen LogP contribution is -2.40. The Kier molecular flexibility index (Phi) is 5.98. The highest BCUT2D eigenvalue weighted by Gasteiger charge is 2.20. The fraction of sp³-hybridized carbons (Fsp3) is 0.438. The van der Waals surface area contributed by atoms with Crippen molar-refractivity contribution >= 4 is 17.6 Å². The highest BCUT2D eigenvalue weighted by molar-refractivity contribution is 6.31. The van der Waals surface area contributed by atoms with Gasteiger partial charge >= 0.3 is 6.03 Å². The van der Waals surface area contributed by atoms with Crippen molar-refractivity contribution in [3.63, 3.8) is 0 Å². The van der Waals surface area contributed by atoms with E-state index in [1.807, 2.05) is 45.2 Å². The van der Waals surface area contributed by atoms with Gasteiger partial charge in [0.25, 0.3) is 0 Å². The number of nitrogens with zero attached hydrogens (tertiary/aromatic N) is 3. The molecule has 124 valence electrons. The second-order valence-electron chi connectivity index (χ2n) is 5.69. The fourth-order valence-corrected chi connectivity index (χ4v) is 2.61. The molecule has 0 aliphatic rings. The van der Waals surface area contributed by atoms with Crippen molar-refractivity contribution in [1.82, 2.24) is 25.4 Å². The second kappa shape index (κ2) is 7.97. The van der Waals surface area contributed by atoms with Crippen molar-refractivity contribution in [1.29, 1.82) is 0 Å². The molecule has 0 aliphatic carbocycles. The van der Waals surface area contributed by atoms with Crippen molar-refractivity contribution < 1.29 is 4.79 Å². The van der Waals surface area contributed by atoms with Crippen LogP contribution >= 0.6 is 11.6 Å². The van der Waals surface area contributed by atoms with Gasteiger partial charge < -0.3 is 10.6 Å². The third-order valence-corrected chi connectivity index (χ3v) is 3.98. The first-order valence-corrected chi connectivity index (χ1v) is 7.98. The van der Waals surface area contributed by atoms with Gasteiger partial charge in [0, 0.05) is 25.0 Å². The van der Waals surface area contributed by atoms with Gasteiger partial charge in [-0.25, -0.2) is 9.78 Å². The molecular weight excluding hydrogens is 314 g/mol. The van der Waals surface area contributed by atoms with E-state index in [1.54, 1.807) is 4.68 Å². The number of rotatable bonds is 6. The van der Waals surface area contributed by atoms with Crippen LogP contribution < -0.4 is 10.6 Å². The van der Waals surface area contributed by atoms with Gasteiger partial charge in [-0.3, -0.25) is 4.68 Å². The number of halogens is 1. The quantitative estimate of drug-likeness (QED) is 0.852. The van der Waals surface area contributed by atoms with Crippen LogP contribution in [0.3, 0.4) is 0 Å². The average molecular weight is 336 g/mol. The first kappa shape index (κ1) is 17.3. The highest BCUT2D eigenvalue weighted by atomic mass is 35.5. The van der Waals surface area contributed by atoms with Gasteiger partial charge in [-0.05, 0) is 17.5 Å². The largest absolute Gasteiger partial charge is 0.338 e. The van der Waals surface area contributed by atoms with E-state index < -0.39 is 0 Å². The standard InChI is InChI=1S/C16H22ClN5O/c1-11(2)15(12-6-4-5-7-13(12)17)21-16(23)18-9-8-14-19-10-20-22(14)3/h4-7,10-11,15H,8-9H2,1-3H3,(H2,18,21,23)/t15-/m1/s1. The number of urea groups is 1. The molecule has 0 saturated heterocycles. The van der Waals surface area contributed by atoms with Crippen molar-refractivity contribution in [3.8, 4) is 0 Å². The van der Waals surface area contributed by atoms with E-state index >= 15 is 0 Å². The molecule has 0 saturated carbocycles. The molecule has 1 aromatic carbocycles. The van der Waals surface area contributed by atoms with Crippen LogP contribution in [-0.2, 0) is 13.5 Å². The van der Waals surface area contributed by atoms with Gasteiger partial charge in [0.2, 0.25) is 0 Å². The maximum absolute atomic E-state index is 12.1. The molecule has 1 aromatic heterocycles. The minimum atomic E-state index is -0.217. The lowest BCUT2D eigenvalue weighted by atomic mass is 9.96. The smallest absolute Gasteiger partial charge is 0.315 e. The van der Waals surface area contributed by atoms with E-state index in [9.17, 15) is 4.79 Å². The number of hydrogen-bond acceptors (Lipinski definition) is 3. The number of carbonyl (C=O) groups is 1. The Balaban J connectivity index is 1.91. The Morgan fingerprint density at radius 2 is 2.09 bits per heavy atom. The molecule has 2 amide bonds. The van der Waals surface area contributed by atoms with Gasteiger partial charge in [-0.2, -0.15) is 5.10 Å². The van der Waals surface area contributed by atoms with Crippen LogP contribution in [0, 0.1) is 5.92 Å². The summed E-state index contributed by atoms with van der Waals surface area (Å²) in [5.41, 5.74) is 0.924. The Morgan fingerprint density at radius 1 is 1.35 bits per heavy atom. The van der Waals surface area contributed by atoms with Gasteiger partial charge in [0.1, 0.15) is 12.2 Å². The molecule has 0 unspecified atom stereocenters. The number of hydrogen-bond donors (Lipinski definition) is 2. The van der Waals surface area contributed by atoms with Gasteiger partial charge in [0.15, 0.2) is 0 Å². The number of aromatic nitrogens is 3. The molecule has 1 atom stereocenters. The van der Waals surface area contributed by atoms with Crippen LogP contribution in [0.15, 0.2) is 30.6 Å². The zero-order valence-corrected chi connectivity index (χ0v) is 14.3. The average Bonchev–Trinajstić information content (AvgIpc) is 2.91. The molecule has 1 heterocycles. The first-order valence-electron chi connectivity index (χ1n) is 7.60. The molecule has 6 nitrogen and oxygen atoms in total. The van der Waals surface area contributed by atoms with E-state index in [1.165, 1.54) is 6.33 Å². The van der Waals surface area contributed by atoms with Crippen molar-refractivity contribution in [2.45, 2.75) is 26.3 Å². The number of aryl methyl sites for hydroxylation is 1. The van der Waals surface area contributed by atoms with Crippen LogP contribution in [0.5, 0.6) is 0 Å². The summed E-state index contributed by atoms with van der Waals surface area (Å²) in [7, 11) is 1.83. The summed E-state index contributed by atoms with van der Waals surface area (Å²) in [6, 6.07) is 7.21. The normalized spacial score (nSPS) is 12.2. The maximum atomic E-state index is 12.1. The summed E-state index contributed by atoms with van der Waals surface area (Å²) in [4.78, 5) is 16.3. The summed E-state index contributed by atoms with van der Waals surface area (Å²) in [5.74, 6) is 1.05. The van der Waals surface area contributed by atoms with Crippen molar-refractivity contribution in [2.75, 3.05) is 6.54 Å². The number of nitrogens with one attached hydrogen (secondary N) is 2. The molecular formula is C16H22ClN5O. The molecule has 23 heavy (non-hydrogen) atoms. The molecule has 0 bridgehead atoms.